The average molecular weight is 701 g/mol. The van der Waals surface area contributed by atoms with E-state index in [-0.39, 0.29) is 42.9 Å². The molecule has 3 aromatic rings. The summed E-state index contributed by atoms with van der Waals surface area (Å²) in [6.45, 7) is -0.488. The number of halogens is 3. The number of nitro benzene ring substituents is 2. The third-order valence-electron chi connectivity index (χ3n) is 4.42. The van der Waals surface area contributed by atoms with Crippen molar-refractivity contribution < 1.29 is 28.9 Å². The molecule has 0 saturated heterocycles. The van der Waals surface area contributed by atoms with E-state index in [4.69, 9.17) is 9.47 Å². The van der Waals surface area contributed by atoms with E-state index in [0.29, 0.717) is 0 Å². The summed E-state index contributed by atoms with van der Waals surface area (Å²) in [5.41, 5.74) is 1.99. The van der Waals surface area contributed by atoms with Gasteiger partial charge in [-0.25, -0.2) is 10.2 Å². The van der Waals surface area contributed by atoms with Crippen molar-refractivity contribution >= 4 is 77.3 Å². The molecule has 0 spiro atoms. The molecule has 0 aromatic heterocycles. The average Bonchev–Trinajstić information content (AvgIpc) is 2.85. The molecule has 0 atom stereocenters. The van der Waals surface area contributed by atoms with Gasteiger partial charge < -0.3 is 9.47 Å². The number of benzene rings is 3. The number of nitrogens with zero attached hydrogens (tertiary/aromatic N) is 3. The minimum Gasteiger partial charge on any atom is -0.483 e. The number of hydrazone groups is 1. The number of hydrogen-bond donors (Lipinski definition) is 1. The van der Waals surface area contributed by atoms with E-state index in [0.717, 1.165) is 22.8 Å². The Morgan fingerprint density at radius 3 is 2.19 bits per heavy atom. The highest BCUT2D eigenvalue weighted by Gasteiger charge is 2.19. The molecule has 0 bridgehead atoms. The molecule has 0 aliphatic carbocycles. The van der Waals surface area contributed by atoms with Crippen LogP contribution < -0.4 is 14.9 Å². The van der Waals surface area contributed by atoms with Crippen molar-refractivity contribution in [2.45, 2.75) is 0 Å². The lowest BCUT2D eigenvalue weighted by molar-refractivity contribution is -0.385. The summed E-state index contributed by atoms with van der Waals surface area (Å²) in [5.74, 6) is -1.28. The van der Waals surface area contributed by atoms with Crippen molar-refractivity contribution in [3.05, 3.63) is 99.4 Å². The maximum Gasteiger partial charge on any atom is 0.343 e. The number of hydrogen-bond acceptors (Lipinski definition) is 9. The Labute approximate surface area is 233 Å². The Hall–Kier alpha value is -3.69. The fourth-order valence-corrected chi connectivity index (χ4v) is 4.01. The second kappa shape index (κ2) is 12.5. The number of ether oxygens (including phenoxy) is 2. The van der Waals surface area contributed by atoms with Crippen LogP contribution in [0.4, 0.5) is 11.4 Å². The molecule has 3 aromatic carbocycles. The van der Waals surface area contributed by atoms with E-state index in [1.165, 1.54) is 30.3 Å². The summed E-state index contributed by atoms with van der Waals surface area (Å²) < 4.78 is 11.9. The molecule has 0 aliphatic rings. The molecule has 0 aliphatic heterocycles. The van der Waals surface area contributed by atoms with Crippen LogP contribution in [0.3, 0.4) is 0 Å². The smallest absolute Gasteiger partial charge is 0.343 e. The largest absolute Gasteiger partial charge is 0.483 e. The third kappa shape index (κ3) is 7.65. The molecule has 12 nitrogen and oxygen atoms in total. The summed E-state index contributed by atoms with van der Waals surface area (Å²) in [4.78, 5) is 45.6. The Morgan fingerprint density at radius 2 is 1.57 bits per heavy atom. The predicted octanol–water partition coefficient (Wildman–Crippen LogP) is 5.54. The predicted molar refractivity (Wildman–Crippen MR) is 142 cm³/mol. The van der Waals surface area contributed by atoms with Gasteiger partial charge in [0.15, 0.2) is 12.4 Å². The van der Waals surface area contributed by atoms with Crippen LogP contribution in [-0.2, 0) is 4.79 Å². The fraction of sp³-hybridized carbons (Fsp3) is 0.0455. The van der Waals surface area contributed by atoms with Gasteiger partial charge in [0.2, 0.25) is 0 Å². The molecule has 0 saturated carbocycles. The van der Waals surface area contributed by atoms with Crippen molar-refractivity contribution in [2.75, 3.05) is 6.61 Å². The summed E-state index contributed by atoms with van der Waals surface area (Å²) in [7, 11) is 0. The van der Waals surface area contributed by atoms with Crippen molar-refractivity contribution in [1.82, 2.24) is 5.43 Å². The molecule has 15 heteroatoms. The molecule has 0 unspecified atom stereocenters. The SMILES string of the molecule is O=C(COc1ccc([N+](=O)[O-])cc1Br)N/N=C\c1cc([N+](=O)[O-])cc(Br)c1OC(=O)c1ccc(Br)cc1. The molecule has 37 heavy (non-hydrogen) atoms. The van der Waals surface area contributed by atoms with Crippen LogP contribution in [-0.4, -0.2) is 34.5 Å². The highest BCUT2D eigenvalue weighted by molar-refractivity contribution is 9.11. The molecular formula is C22H13Br3N4O8. The normalized spacial score (nSPS) is 10.7. The zero-order valence-corrected chi connectivity index (χ0v) is 23.0. The zero-order chi connectivity index (χ0) is 27.1. The first-order valence-corrected chi connectivity index (χ1v) is 12.3. The highest BCUT2D eigenvalue weighted by Crippen LogP contribution is 2.34. The van der Waals surface area contributed by atoms with Gasteiger partial charge >= 0.3 is 5.97 Å². The number of rotatable bonds is 9. The second-order valence-corrected chi connectivity index (χ2v) is 9.58. The van der Waals surface area contributed by atoms with Gasteiger partial charge in [0.25, 0.3) is 17.3 Å². The van der Waals surface area contributed by atoms with Gasteiger partial charge in [0.05, 0.1) is 30.6 Å². The molecule has 0 fully saturated rings. The van der Waals surface area contributed by atoms with E-state index in [1.807, 2.05) is 0 Å². The van der Waals surface area contributed by atoms with Gasteiger partial charge in [-0.1, -0.05) is 15.9 Å². The van der Waals surface area contributed by atoms with Crippen molar-refractivity contribution in [3.8, 4) is 11.5 Å². The first-order chi connectivity index (χ1) is 17.5. The number of esters is 1. The summed E-state index contributed by atoms with van der Waals surface area (Å²) >= 11 is 9.57. The fourth-order valence-electron chi connectivity index (χ4n) is 2.72. The Balaban J connectivity index is 1.73. The van der Waals surface area contributed by atoms with E-state index in [1.54, 1.807) is 12.1 Å². The zero-order valence-electron chi connectivity index (χ0n) is 18.2. The van der Waals surface area contributed by atoms with Crippen LogP contribution in [0.15, 0.2) is 73.1 Å². The Morgan fingerprint density at radius 1 is 0.919 bits per heavy atom. The van der Waals surface area contributed by atoms with Crippen molar-refractivity contribution in [2.24, 2.45) is 5.10 Å². The van der Waals surface area contributed by atoms with Crippen LogP contribution in [0, 0.1) is 20.2 Å². The van der Waals surface area contributed by atoms with Crippen LogP contribution >= 0.6 is 47.8 Å². The summed E-state index contributed by atoms with van der Waals surface area (Å²) in [6, 6.07) is 12.4. The second-order valence-electron chi connectivity index (χ2n) is 6.95. The molecule has 1 N–H and O–H groups in total. The topological polar surface area (TPSA) is 163 Å². The Bertz CT molecular complexity index is 1410. The van der Waals surface area contributed by atoms with Gasteiger partial charge in [-0.05, 0) is 62.2 Å². The first-order valence-electron chi connectivity index (χ1n) is 9.89. The minimum atomic E-state index is -0.720. The van der Waals surface area contributed by atoms with E-state index in [2.05, 4.69) is 58.3 Å². The van der Waals surface area contributed by atoms with Gasteiger partial charge in [-0.15, -0.1) is 0 Å². The highest BCUT2D eigenvalue weighted by atomic mass is 79.9. The summed E-state index contributed by atoms with van der Waals surface area (Å²) in [5, 5.41) is 25.8. The van der Waals surface area contributed by atoms with Crippen LogP contribution in [0.25, 0.3) is 0 Å². The Kier molecular flexibility index (Phi) is 9.43. The quantitative estimate of drug-likeness (QED) is 0.100. The first kappa shape index (κ1) is 27.9. The molecule has 3 rings (SSSR count). The van der Waals surface area contributed by atoms with Crippen LogP contribution in [0.2, 0.25) is 0 Å². The van der Waals surface area contributed by atoms with Crippen LogP contribution in [0.1, 0.15) is 15.9 Å². The maximum atomic E-state index is 12.6. The number of carbonyl (C=O) groups excluding carboxylic acids is 2. The lowest BCUT2D eigenvalue weighted by Crippen LogP contribution is -2.24. The number of amides is 1. The molecular weight excluding hydrogens is 688 g/mol. The lowest BCUT2D eigenvalue weighted by Gasteiger charge is -2.10. The molecule has 190 valence electrons. The molecule has 0 heterocycles. The van der Waals surface area contributed by atoms with Gasteiger partial charge in [-0.2, -0.15) is 5.10 Å². The maximum absolute atomic E-state index is 12.6. The van der Waals surface area contributed by atoms with E-state index < -0.39 is 28.3 Å². The number of nitrogens with one attached hydrogen (secondary N) is 1. The minimum absolute atomic E-state index is 0.0332. The lowest BCUT2D eigenvalue weighted by atomic mass is 10.2. The standard InChI is InChI=1S/C22H13Br3N4O8/c23-14-3-1-12(2-4-14)22(31)37-21-13(7-16(29(34)35)9-18(21)25)10-26-27-20(30)11-36-19-6-5-15(28(32)33)8-17(19)24/h1-10H,11H2,(H,27,30)/b26-10-. The monoisotopic (exact) mass is 698 g/mol. The van der Waals surface area contributed by atoms with Gasteiger partial charge in [0.1, 0.15) is 5.75 Å². The van der Waals surface area contributed by atoms with Crippen molar-refractivity contribution in [3.63, 3.8) is 0 Å². The van der Waals surface area contributed by atoms with Crippen molar-refractivity contribution in [1.29, 1.82) is 0 Å². The third-order valence-corrected chi connectivity index (χ3v) is 6.16. The number of non-ortho nitro benzene ring substituents is 2. The van der Waals surface area contributed by atoms with Crippen LogP contribution in [0.5, 0.6) is 11.5 Å². The molecule has 0 radical (unpaired) electrons. The van der Waals surface area contributed by atoms with Gasteiger partial charge in [-0.3, -0.25) is 25.0 Å². The summed E-state index contributed by atoms with van der Waals surface area (Å²) in [6.07, 6.45) is 1.07. The van der Waals surface area contributed by atoms with E-state index in [9.17, 15) is 29.8 Å². The number of carbonyl (C=O) groups is 2. The number of nitro groups is 2. The molecule has 1 amide bonds. The van der Waals surface area contributed by atoms with Gasteiger partial charge in [0, 0.05) is 34.3 Å². The van der Waals surface area contributed by atoms with E-state index >= 15 is 0 Å².